The average molecular weight is 337 g/mol. The van der Waals surface area contributed by atoms with Crippen molar-refractivity contribution in [3.8, 4) is 11.4 Å². The number of benzene rings is 1. The standard InChI is InChI=1S/C14H11BrClN3/c1-9-11(3-2-4-12(9)15)14-17-13-6-5-10(7-16)8-19(13)18-14/h2-6,8H,7H2,1H3. The van der Waals surface area contributed by atoms with Crippen molar-refractivity contribution in [1.29, 1.82) is 0 Å². The van der Waals surface area contributed by atoms with Crippen LogP contribution >= 0.6 is 27.5 Å². The molecule has 0 bridgehead atoms. The summed E-state index contributed by atoms with van der Waals surface area (Å²) in [6.45, 7) is 2.05. The monoisotopic (exact) mass is 335 g/mol. The van der Waals surface area contributed by atoms with Crippen LogP contribution < -0.4 is 0 Å². The summed E-state index contributed by atoms with van der Waals surface area (Å²) < 4.78 is 2.83. The van der Waals surface area contributed by atoms with E-state index in [1.807, 2.05) is 36.5 Å². The second-order valence-electron chi connectivity index (χ2n) is 4.32. The van der Waals surface area contributed by atoms with E-state index in [-0.39, 0.29) is 0 Å². The summed E-state index contributed by atoms with van der Waals surface area (Å²) in [5, 5.41) is 4.52. The van der Waals surface area contributed by atoms with Gasteiger partial charge in [-0.15, -0.1) is 16.7 Å². The van der Waals surface area contributed by atoms with Crippen LogP contribution in [0.2, 0.25) is 0 Å². The molecule has 0 saturated heterocycles. The van der Waals surface area contributed by atoms with Gasteiger partial charge in [0, 0.05) is 22.1 Å². The fraction of sp³-hybridized carbons (Fsp3) is 0.143. The van der Waals surface area contributed by atoms with Crippen LogP contribution in [-0.2, 0) is 5.88 Å². The lowest BCUT2D eigenvalue weighted by Crippen LogP contribution is -1.90. The summed E-state index contributed by atoms with van der Waals surface area (Å²) in [5.74, 6) is 1.20. The highest BCUT2D eigenvalue weighted by molar-refractivity contribution is 9.10. The summed E-state index contributed by atoms with van der Waals surface area (Å²) in [6, 6.07) is 9.93. The Morgan fingerprint density at radius 3 is 2.89 bits per heavy atom. The molecule has 0 aliphatic heterocycles. The number of hydrogen-bond donors (Lipinski definition) is 0. The van der Waals surface area contributed by atoms with Gasteiger partial charge in [-0.25, -0.2) is 9.50 Å². The van der Waals surface area contributed by atoms with Gasteiger partial charge in [-0.1, -0.05) is 34.1 Å². The summed E-state index contributed by atoms with van der Waals surface area (Å²) in [5.41, 5.74) is 4.02. The third-order valence-electron chi connectivity index (χ3n) is 3.06. The fourth-order valence-electron chi connectivity index (χ4n) is 1.97. The third-order valence-corrected chi connectivity index (χ3v) is 4.22. The Kier molecular flexibility index (Phi) is 3.29. The molecule has 0 N–H and O–H groups in total. The van der Waals surface area contributed by atoms with Crippen molar-refractivity contribution in [2.75, 3.05) is 0 Å². The van der Waals surface area contributed by atoms with Crippen LogP contribution in [0.3, 0.4) is 0 Å². The van der Waals surface area contributed by atoms with E-state index in [9.17, 15) is 0 Å². The van der Waals surface area contributed by atoms with Crippen LogP contribution in [0.1, 0.15) is 11.1 Å². The highest BCUT2D eigenvalue weighted by Gasteiger charge is 2.10. The summed E-state index contributed by atoms with van der Waals surface area (Å²) in [4.78, 5) is 4.55. The van der Waals surface area contributed by atoms with E-state index in [4.69, 9.17) is 11.6 Å². The van der Waals surface area contributed by atoms with E-state index in [0.29, 0.717) is 5.88 Å². The molecule has 3 rings (SSSR count). The van der Waals surface area contributed by atoms with Crippen LogP contribution in [0.25, 0.3) is 17.0 Å². The van der Waals surface area contributed by atoms with Crippen molar-refractivity contribution in [3.63, 3.8) is 0 Å². The molecule has 3 nitrogen and oxygen atoms in total. The Morgan fingerprint density at radius 1 is 1.26 bits per heavy atom. The van der Waals surface area contributed by atoms with Gasteiger partial charge in [-0.2, -0.15) is 0 Å². The zero-order valence-corrected chi connectivity index (χ0v) is 12.6. The zero-order chi connectivity index (χ0) is 13.4. The number of pyridine rings is 1. The van der Waals surface area contributed by atoms with Gasteiger partial charge in [0.05, 0.1) is 0 Å². The van der Waals surface area contributed by atoms with Crippen LogP contribution in [-0.4, -0.2) is 14.6 Å². The number of rotatable bonds is 2. The molecule has 0 atom stereocenters. The number of fused-ring (bicyclic) bond motifs is 1. The maximum absolute atomic E-state index is 5.83. The Bertz CT molecular complexity index is 752. The molecule has 0 amide bonds. The topological polar surface area (TPSA) is 30.2 Å². The van der Waals surface area contributed by atoms with E-state index in [2.05, 4.69) is 32.9 Å². The lowest BCUT2D eigenvalue weighted by atomic mass is 10.1. The molecule has 0 fully saturated rings. The molecule has 0 aliphatic carbocycles. The molecule has 0 spiro atoms. The van der Waals surface area contributed by atoms with Crippen molar-refractivity contribution >= 4 is 33.2 Å². The number of aromatic nitrogens is 3. The minimum absolute atomic E-state index is 0.473. The minimum atomic E-state index is 0.473. The minimum Gasteiger partial charge on any atom is -0.220 e. The summed E-state index contributed by atoms with van der Waals surface area (Å²) >= 11 is 9.36. The van der Waals surface area contributed by atoms with Crippen LogP contribution in [0.15, 0.2) is 41.0 Å². The molecule has 0 aliphatic rings. The largest absolute Gasteiger partial charge is 0.220 e. The smallest absolute Gasteiger partial charge is 0.182 e. The lowest BCUT2D eigenvalue weighted by Gasteiger charge is -2.02. The Labute approximate surface area is 124 Å². The number of halogens is 2. The Morgan fingerprint density at radius 2 is 2.11 bits per heavy atom. The van der Waals surface area contributed by atoms with Gasteiger partial charge in [0.25, 0.3) is 0 Å². The number of alkyl halides is 1. The van der Waals surface area contributed by atoms with E-state index in [0.717, 1.165) is 32.6 Å². The Balaban J connectivity index is 2.18. The van der Waals surface area contributed by atoms with Crippen molar-refractivity contribution in [2.24, 2.45) is 0 Å². The molecule has 2 aromatic heterocycles. The molecule has 5 heteroatoms. The van der Waals surface area contributed by atoms with Crippen molar-refractivity contribution in [3.05, 3.63) is 52.1 Å². The molecule has 0 saturated carbocycles. The molecular formula is C14H11BrClN3. The van der Waals surface area contributed by atoms with E-state index >= 15 is 0 Å². The highest BCUT2D eigenvalue weighted by Crippen LogP contribution is 2.26. The number of hydrogen-bond acceptors (Lipinski definition) is 2. The van der Waals surface area contributed by atoms with Gasteiger partial charge in [-0.3, -0.25) is 0 Å². The van der Waals surface area contributed by atoms with Crippen molar-refractivity contribution in [1.82, 2.24) is 14.6 Å². The molecule has 2 heterocycles. The second-order valence-corrected chi connectivity index (χ2v) is 5.44. The van der Waals surface area contributed by atoms with Gasteiger partial charge < -0.3 is 0 Å². The molecule has 96 valence electrons. The van der Waals surface area contributed by atoms with E-state index in [1.54, 1.807) is 4.52 Å². The van der Waals surface area contributed by atoms with E-state index in [1.165, 1.54) is 0 Å². The first-order chi connectivity index (χ1) is 9.19. The van der Waals surface area contributed by atoms with Gasteiger partial charge in [0.1, 0.15) is 0 Å². The summed E-state index contributed by atoms with van der Waals surface area (Å²) in [7, 11) is 0. The van der Waals surface area contributed by atoms with Gasteiger partial charge >= 0.3 is 0 Å². The first-order valence-electron chi connectivity index (χ1n) is 5.86. The van der Waals surface area contributed by atoms with Crippen molar-refractivity contribution < 1.29 is 0 Å². The van der Waals surface area contributed by atoms with Gasteiger partial charge in [0.2, 0.25) is 0 Å². The molecular weight excluding hydrogens is 326 g/mol. The SMILES string of the molecule is Cc1c(Br)cccc1-c1nc2ccc(CCl)cn2n1. The normalized spacial score (nSPS) is 11.1. The highest BCUT2D eigenvalue weighted by atomic mass is 79.9. The average Bonchev–Trinajstić information content (AvgIpc) is 2.84. The molecule has 19 heavy (non-hydrogen) atoms. The van der Waals surface area contributed by atoms with Crippen LogP contribution in [0, 0.1) is 6.92 Å². The molecule has 0 radical (unpaired) electrons. The predicted molar refractivity (Wildman–Crippen MR) is 80.4 cm³/mol. The first-order valence-corrected chi connectivity index (χ1v) is 7.18. The molecule has 0 unspecified atom stereocenters. The van der Waals surface area contributed by atoms with Gasteiger partial charge in [0.15, 0.2) is 11.5 Å². The van der Waals surface area contributed by atoms with Crippen molar-refractivity contribution in [2.45, 2.75) is 12.8 Å². The van der Waals surface area contributed by atoms with E-state index < -0.39 is 0 Å². The lowest BCUT2D eigenvalue weighted by molar-refractivity contribution is 0.953. The van der Waals surface area contributed by atoms with Gasteiger partial charge in [-0.05, 0) is 30.2 Å². The van der Waals surface area contributed by atoms with Crippen LogP contribution in [0.4, 0.5) is 0 Å². The maximum atomic E-state index is 5.83. The maximum Gasteiger partial charge on any atom is 0.182 e. The Hall–Kier alpha value is -1.39. The third kappa shape index (κ3) is 2.26. The fourth-order valence-corrected chi connectivity index (χ4v) is 2.49. The zero-order valence-electron chi connectivity index (χ0n) is 10.3. The second kappa shape index (κ2) is 4.94. The molecule has 3 aromatic rings. The quantitative estimate of drug-likeness (QED) is 0.656. The first kappa shape index (κ1) is 12.6. The molecule has 1 aromatic carbocycles. The predicted octanol–water partition coefficient (Wildman–Crippen LogP) is 4.21. The summed E-state index contributed by atoms with van der Waals surface area (Å²) in [6.07, 6.45) is 1.91. The van der Waals surface area contributed by atoms with Crippen LogP contribution in [0.5, 0.6) is 0 Å². The number of nitrogens with zero attached hydrogens (tertiary/aromatic N) is 3.